The van der Waals surface area contributed by atoms with Gasteiger partial charge >= 0.3 is 0 Å². The van der Waals surface area contributed by atoms with E-state index in [0.717, 1.165) is 37.2 Å². The number of hydrogen-bond donors (Lipinski definition) is 3. The van der Waals surface area contributed by atoms with Crippen LogP contribution in [0.5, 0.6) is 0 Å². The molecule has 2 atom stereocenters. The molecule has 2 unspecified atom stereocenters. The Balaban J connectivity index is 1.45. The van der Waals surface area contributed by atoms with Crippen LogP contribution in [0.15, 0.2) is 18.2 Å². The summed E-state index contributed by atoms with van der Waals surface area (Å²) >= 11 is 0. The smallest absolute Gasteiger partial charge is 0.255 e. The molecular formula is C18H22N4O3. The van der Waals surface area contributed by atoms with E-state index in [-0.39, 0.29) is 24.1 Å². The largest absolute Gasteiger partial charge is 0.322 e. The predicted molar refractivity (Wildman–Crippen MR) is 90.6 cm³/mol. The second kappa shape index (κ2) is 6.57. The van der Waals surface area contributed by atoms with Gasteiger partial charge in [-0.2, -0.15) is 0 Å². The van der Waals surface area contributed by atoms with Gasteiger partial charge in [0.15, 0.2) is 0 Å². The second-order valence-corrected chi connectivity index (χ2v) is 6.96. The average molecular weight is 342 g/mol. The quantitative estimate of drug-likeness (QED) is 0.665. The summed E-state index contributed by atoms with van der Waals surface area (Å²) in [6.45, 7) is 3.25. The Bertz CT molecular complexity index is 727. The van der Waals surface area contributed by atoms with Crippen LogP contribution in [0.4, 0.5) is 0 Å². The van der Waals surface area contributed by atoms with Crippen molar-refractivity contribution in [2.45, 2.75) is 44.4 Å². The second-order valence-electron chi connectivity index (χ2n) is 6.96. The van der Waals surface area contributed by atoms with Crippen LogP contribution in [0.2, 0.25) is 0 Å². The van der Waals surface area contributed by atoms with Gasteiger partial charge in [-0.25, -0.2) is 0 Å². The standard InChI is InChI=1S/C18H22N4O3/c23-16-4-3-15(17(24)21-16)22-10-12-7-11(1-2-14(12)18(22)25)8-20-13-5-6-19-9-13/h1-2,7,13,15,19-20H,3-6,8-10H2,(H,21,23,24). The predicted octanol–water partition coefficient (Wildman–Crippen LogP) is -0.101. The van der Waals surface area contributed by atoms with Crippen molar-refractivity contribution in [3.8, 4) is 0 Å². The number of nitrogens with zero attached hydrogens (tertiary/aromatic N) is 1. The van der Waals surface area contributed by atoms with Crippen LogP contribution in [0.25, 0.3) is 0 Å². The van der Waals surface area contributed by atoms with Crippen molar-refractivity contribution in [3.63, 3.8) is 0 Å². The van der Waals surface area contributed by atoms with E-state index >= 15 is 0 Å². The van der Waals surface area contributed by atoms with E-state index in [1.807, 2.05) is 12.1 Å². The fraction of sp³-hybridized carbons (Fsp3) is 0.500. The van der Waals surface area contributed by atoms with Gasteiger partial charge in [-0.3, -0.25) is 19.7 Å². The topological polar surface area (TPSA) is 90.5 Å². The van der Waals surface area contributed by atoms with Gasteiger partial charge in [-0.1, -0.05) is 12.1 Å². The molecule has 2 saturated heterocycles. The third-order valence-electron chi connectivity index (χ3n) is 5.24. The van der Waals surface area contributed by atoms with Crippen molar-refractivity contribution in [2.24, 2.45) is 0 Å². The molecule has 0 spiro atoms. The average Bonchev–Trinajstić information content (AvgIpc) is 3.21. The fourth-order valence-corrected chi connectivity index (χ4v) is 3.83. The van der Waals surface area contributed by atoms with E-state index in [1.54, 1.807) is 4.90 Å². The molecule has 0 bridgehead atoms. The lowest BCUT2D eigenvalue weighted by molar-refractivity contribution is -0.136. The Morgan fingerprint density at radius 1 is 1.20 bits per heavy atom. The van der Waals surface area contributed by atoms with E-state index in [2.05, 4.69) is 22.0 Å². The van der Waals surface area contributed by atoms with Crippen LogP contribution in [-0.2, 0) is 22.7 Å². The summed E-state index contributed by atoms with van der Waals surface area (Å²) in [6, 6.07) is 5.82. The van der Waals surface area contributed by atoms with Gasteiger partial charge in [0.05, 0.1) is 0 Å². The van der Waals surface area contributed by atoms with Crippen LogP contribution in [0, 0.1) is 0 Å². The van der Waals surface area contributed by atoms with Crippen molar-refractivity contribution >= 4 is 17.7 Å². The molecule has 0 radical (unpaired) electrons. The Morgan fingerprint density at radius 3 is 2.84 bits per heavy atom. The van der Waals surface area contributed by atoms with Crippen molar-refractivity contribution < 1.29 is 14.4 Å². The number of amides is 3. The number of benzene rings is 1. The van der Waals surface area contributed by atoms with Crippen LogP contribution >= 0.6 is 0 Å². The van der Waals surface area contributed by atoms with E-state index in [4.69, 9.17) is 0 Å². The molecule has 3 aliphatic heterocycles. The first kappa shape index (κ1) is 16.2. The zero-order valence-corrected chi connectivity index (χ0v) is 14.0. The van der Waals surface area contributed by atoms with Gasteiger partial charge in [0.1, 0.15) is 6.04 Å². The maximum atomic E-state index is 12.6. The highest BCUT2D eigenvalue weighted by Gasteiger charge is 2.39. The van der Waals surface area contributed by atoms with Gasteiger partial charge < -0.3 is 15.5 Å². The Labute approximate surface area is 146 Å². The molecule has 0 aliphatic carbocycles. The highest BCUT2D eigenvalue weighted by Crippen LogP contribution is 2.28. The molecule has 7 heteroatoms. The van der Waals surface area contributed by atoms with Gasteiger partial charge in [0, 0.05) is 37.7 Å². The summed E-state index contributed by atoms with van der Waals surface area (Å²) < 4.78 is 0. The molecule has 3 amide bonds. The Morgan fingerprint density at radius 2 is 2.08 bits per heavy atom. The molecule has 4 rings (SSSR count). The molecule has 25 heavy (non-hydrogen) atoms. The lowest BCUT2D eigenvalue weighted by atomic mass is 10.0. The maximum absolute atomic E-state index is 12.6. The van der Waals surface area contributed by atoms with Crippen molar-refractivity contribution in [1.29, 1.82) is 0 Å². The first-order valence-corrected chi connectivity index (χ1v) is 8.82. The molecule has 2 fully saturated rings. The highest BCUT2D eigenvalue weighted by molar-refractivity contribution is 6.05. The Kier molecular flexibility index (Phi) is 4.27. The van der Waals surface area contributed by atoms with Crippen molar-refractivity contribution in [1.82, 2.24) is 20.9 Å². The molecule has 132 valence electrons. The minimum Gasteiger partial charge on any atom is -0.322 e. The molecule has 3 heterocycles. The number of hydrogen-bond acceptors (Lipinski definition) is 5. The number of piperidine rings is 1. The van der Waals surface area contributed by atoms with Gasteiger partial charge in [0.25, 0.3) is 5.91 Å². The minimum atomic E-state index is -0.552. The summed E-state index contributed by atoms with van der Waals surface area (Å²) in [4.78, 5) is 37.6. The SMILES string of the molecule is O=C1CCC(N2Cc3cc(CNC4CCNC4)ccc3C2=O)C(=O)N1. The number of rotatable bonds is 4. The van der Waals surface area contributed by atoms with E-state index in [0.29, 0.717) is 24.6 Å². The number of fused-ring (bicyclic) bond motifs is 1. The first-order valence-electron chi connectivity index (χ1n) is 8.82. The molecule has 1 aromatic carbocycles. The lowest BCUT2D eigenvalue weighted by Crippen LogP contribution is -2.52. The number of nitrogens with one attached hydrogen (secondary N) is 3. The highest BCUT2D eigenvalue weighted by atomic mass is 16.2. The monoisotopic (exact) mass is 342 g/mol. The normalized spacial score (nSPS) is 26.1. The van der Waals surface area contributed by atoms with Crippen LogP contribution in [-0.4, -0.2) is 47.8 Å². The molecule has 0 aromatic heterocycles. The van der Waals surface area contributed by atoms with Crippen LogP contribution in [0.3, 0.4) is 0 Å². The molecule has 1 aromatic rings. The summed E-state index contributed by atoms with van der Waals surface area (Å²) in [5.74, 6) is -0.753. The summed E-state index contributed by atoms with van der Waals surface area (Å²) in [6.07, 6.45) is 1.81. The number of imide groups is 1. The van der Waals surface area contributed by atoms with Crippen LogP contribution in [0.1, 0.15) is 40.7 Å². The third kappa shape index (κ3) is 3.17. The number of carbonyl (C=O) groups excluding carboxylic acids is 3. The Hall–Kier alpha value is -2.25. The van der Waals surface area contributed by atoms with E-state index in [1.165, 1.54) is 0 Å². The summed E-state index contributed by atoms with van der Waals surface area (Å²) in [7, 11) is 0. The summed E-state index contributed by atoms with van der Waals surface area (Å²) in [5, 5.41) is 9.18. The molecule has 3 N–H and O–H groups in total. The lowest BCUT2D eigenvalue weighted by Gasteiger charge is -2.29. The number of carbonyl (C=O) groups is 3. The van der Waals surface area contributed by atoms with Crippen molar-refractivity contribution in [3.05, 3.63) is 34.9 Å². The molecule has 0 saturated carbocycles. The van der Waals surface area contributed by atoms with Gasteiger partial charge in [0.2, 0.25) is 11.8 Å². The zero-order chi connectivity index (χ0) is 17.4. The van der Waals surface area contributed by atoms with E-state index in [9.17, 15) is 14.4 Å². The maximum Gasteiger partial charge on any atom is 0.255 e. The van der Waals surface area contributed by atoms with Crippen molar-refractivity contribution in [2.75, 3.05) is 13.1 Å². The third-order valence-corrected chi connectivity index (χ3v) is 5.24. The van der Waals surface area contributed by atoms with Gasteiger partial charge in [-0.05, 0) is 36.6 Å². The van der Waals surface area contributed by atoms with E-state index < -0.39 is 6.04 Å². The minimum absolute atomic E-state index is 0.121. The molecular weight excluding hydrogens is 320 g/mol. The summed E-state index contributed by atoms with van der Waals surface area (Å²) in [5.41, 5.74) is 2.76. The van der Waals surface area contributed by atoms with Crippen LogP contribution < -0.4 is 16.0 Å². The zero-order valence-electron chi connectivity index (χ0n) is 14.0. The molecule has 7 nitrogen and oxygen atoms in total. The fourth-order valence-electron chi connectivity index (χ4n) is 3.83. The van der Waals surface area contributed by atoms with Gasteiger partial charge in [-0.15, -0.1) is 0 Å². The first-order chi connectivity index (χ1) is 12.1. The molecule has 3 aliphatic rings.